The van der Waals surface area contributed by atoms with Gasteiger partial charge in [-0.3, -0.25) is 9.69 Å². The van der Waals surface area contributed by atoms with Gasteiger partial charge in [0.1, 0.15) is 6.33 Å². The second kappa shape index (κ2) is 8.75. The quantitative estimate of drug-likeness (QED) is 0.699. The minimum atomic E-state index is -0.119. The number of anilines is 1. The summed E-state index contributed by atoms with van der Waals surface area (Å²) in [5.74, 6) is 2.26. The van der Waals surface area contributed by atoms with Crippen LogP contribution in [0.4, 0.5) is 5.69 Å². The molecule has 4 rings (SSSR count). The van der Waals surface area contributed by atoms with Crippen LogP contribution in [0.25, 0.3) is 5.69 Å². The van der Waals surface area contributed by atoms with Crippen molar-refractivity contribution in [3.63, 3.8) is 0 Å². The largest absolute Gasteiger partial charge is 0.322 e. The molecule has 3 aromatic rings. The van der Waals surface area contributed by atoms with E-state index in [-0.39, 0.29) is 5.91 Å². The van der Waals surface area contributed by atoms with Crippen molar-refractivity contribution in [2.75, 3.05) is 29.9 Å². The lowest BCUT2D eigenvalue weighted by Crippen LogP contribution is -2.32. The molecule has 1 saturated heterocycles. The predicted octanol–water partition coefficient (Wildman–Crippen LogP) is 3.08. The highest BCUT2D eigenvalue weighted by Crippen LogP contribution is 2.23. The Morgan fingerprint density at radius 2 is 2.00 bits per heavy atom. The Morgan fingerprint density at radius 1 is 1.17 bits per heavy atom. The molecule has 2 aromatic carbocycles. The van der Waals surface area contributed by atoms with Crippen LogP contribution < -0.4 is 5.32 Å². The van der Waals surface area contributed by atoms with Crippen LogP contribution in [0.5, 0.6) is 0 Å². The minimum Gasteiger partial charge on any atom is -0.322 e. The van der Waals surface area contributed by atoms with Crippen LogP contribution >= 0.6 is 11.8 Å². The molecule has 150 valence electrons. The first-order chi connectivity index (χ1) is 14.1. The molecule has 29 heavy (non-hydrogen) atoms. The molecule has 1 aliphatic heterocycles. The third-order valence-corrected chi connectivity index (χ3v) is 6.19. The van der Waals surface area contributed by atoms with Crippen LogP contribution in [0.15, 0.2) is 42.7 Å². The molecular weight excluding hydrogens is 384 g/mol. The van der Waals surface area contributed by atoms with Crippen molar-refractivity contribution in [2.24, 2.45) is 0 Å². The molecule has 1 N–H and O–H groups in total. The highest BCUT2D eigenvalue weighted by molar-refractivity contribution is 7.99. The van der Waals surface area contributed by atoms with Gasteiger partial charge in [0.25, 0.3) is 5.91 Å². The number of amides is 1. The Kier molecular flexibility index (Phi) is 5.92. The van der Waals surface area contributed by atoms with E-state index in [0.29, 0.717) is 5.56 Å². The van der Waals surface area contributed by atoms with E-state index in [2.05, 4.69) is 38.7 Å². The predicted molar refractivity (Wildman–Crippen MR) is 116 cm³/mol. The number of aromatic nitrogens is 4. The first-order valence-corrected chi connectivity index (χ1v) is 10.8. The van der Waals surface area contributed by atoms with Gasteiger partial charge in [-0.2, -0.15) is 11.8 Å². The average molecular weight is 409 g/mol. The van der Waals surface area contributed by atoms with Gasteiger partial charge < -0.3 is 5.32 Å². The van der Waals surface area contributed by atoms with Gasteiger partial charge in [-0.25, -0.2) is 4.68 Å². The van der Waals surface area contributed by atoms with Crippen molar-refractivity contribution in [1.82, 2.24) is 25.1 Å². The van der Waals surface area contributed by atoms with Crippen LogP contribution in [-0.2, 0) is 6.54 Å². The molecule has 0 spiro atoms. The topological polar surface area (TPSA) is 75.9 Å². The van der Waals surface area contributed by atoms with Crippen molar-refractivity contribution in [1.29, 1.82) is 0 Å². The summed E-state index contributed by atoms with van der Waals surface area (Å²) >= 11 is 2.01. The summed E-state index contributed by atoms with van der Waals surface area (Å²) < 4.78 is 1.59. The number of hydrogen-bond donors (Lipinski definition) is 1. The molecule has 0 unspecified atom stereocenters. The lowest BCUT2D eigenvalue weighted by Gasteiger charge is -2.27. The SMILES string of the molecule is Cc1cc(C(=O)Nc2cccc(CN3CCSCC3)c2C)ccc1-n1cnnn1. The molecule has 1 amide bonds. The van der Waals surface area contributed by atoms with E-state index in [1.165, 1.54) is 23.4 Å². The van der Waals surface area contributed by atoms with Crippen LogP contribution in [0.2, 0.25) is 0 Å². The number of aryl methyl sites for hydroxylation is 1. The van der Waals surface area contributed by atoms with Crippen molar-refractivity contribution in [2.45, 2.75) is 20.4 Å². The second-order valence-electron chi connectivity index (χ2n) is 7.19. The Labute approximate surface area is 174 Å². The third kappa shape index (κ3) is 4.49. The first-order valence-electron chi connectivity index (χ1n) is 9.66. The molecular formula is C21H24N6OS. The van der Waals surface area contributed by atoms with Crippen molar-refractivity contribution >= 4 is 23.4 Å². The second-order valence-corrected chi connectivity index (χ2v) is 8.41. The lowest BCUT2D eigenvalue weighted by atomic mass is 10.0. The van der Waals surface area contributed by atoms with E-state index < -0.39 is 0 Å². The van der Waals surface area contributed by atoms with Gasteiger partial charge in [0.15, 0.2) is 0 Å². The number of nitrogens with one attached hydrogen (secondary N) is 1. The molecule has 0 radical (unpaired) electrons. The molecule has 0 saturated carbocycles. The smallest absolute Gasteiger partial charge is 0.255 e. The zero-order valence-corrected chi connectivity index (χ0v) is 17.4. The molecule has 0 aliphatic carbocycles. The maximum Gasteiger partial charge on any atom is 0.255 e. The number of rotatable bonds is 5. The van der Waals surface area contributed by atoms with Gasteiger partial charge in [-0.05, 0) is 65.2 Å². The first kappa shape index (κ1) is 19.6. The molecule has 7 nitrogen and oxygen atoms in total. The fourth-order valence-corrected chi connectivity index (χ4v) is 4.49. The zero-order chi connectivity index (χ0) is 20.2. The van der Waals surface area contributed by atoms with Gasteiger partial charge >= 0.3 is 0 Å². The summed E-state index contributed by atoms with van der Waals surface area (Å²) in [5.41, 5.74) is 5.64. The summed E-state index contributed by atoms with van der Waals surface area (Å²) in [6.45, 7) is 7.18. The fraction of sp³-hybridized carbons (Fsp3) is 0.333. The summed E-state index contributed by atoms with van der Waals surface area (Å²) in [6.07, 6.45) is 1.54. The Morgan fingerprint density at radius 3 is 2.72 bits per heavy atom. The Hall–Kier alpha value is -2.71. The number of carbonyl (C=O) groups is 1. The molecule has 1 aliphatic rings. The summed E-state index contributed by atoms with van der Waals surface area (Å²) in [6, 6.07) is 11.6. The lowest BCUT2D eigenvalue weighted by molar-refractivity contribution is 0.102. The van der Waals surface area contributed by atoms with Crippen LogP contribution in [0.1, 0.15) is 27.0 Å². The molecule has 1 fully saturated rings. The standard InChI is InChI=1S/C21H24N6OS/c1-15-12-17(6-7-20(15)27-14-22-24-25-27)21(28)23-19-5-3-4-18(16(19)2)13-26-8-10-29-11-9-26/h3-7,12,14H,8-11,13H2,1-2H3,(H,23,28). The van der Waals surface area contributed by atoms with Gasteiger partial charge in [-0.1, -0.05) is 12.1 Å². The maximum atomic E-state index is 12.8. The van der Waals surface area contributed by atoms with Crippen LogP contribution in [-0.4, -0.2) is 55.6 Å². The monoisotopic (exact) mass is 408 g/mol. The van der Waals surface area contributed by atoms with Crippen LogP contribution in [0, 0.1) is 13.8 Å². The normalized spacial score (nSPS) is 14.7. The third-order valence-electron chi connectivity index (χ3n) is 5.25. The van der Waals surface area contributed by atoms with Crippen molar-refractivity contribution < 1.29 is 4.79 Å². The summed E-state index contributed by atoms with van der Waals surface area (Å²) in [4.78, 5) is 15.3. The molecule has 1 aromatic heterocycles. The van der Waals surface area contributed by atoms with E-state index >= 15 is 0 Å². The summed E-state index contributed by atoms with van der Waals surface area (Å²) in [7, 11) is 0. The molecule has 2 heterocycles. The number of thioether (sulfide) groups is 1. The van der Waals surface area contributed by atoms with E-state index in [9.17, 15) is 4.79 Å². The summed E-state index contributed by atoms with van der Waals surface area (Å²) in [5, 5.41) is 14.3. The van der Waals surface area contributed by atoms with Crippen molar-refractivity contribution in [3.05, 3.63) is 65.0 Å². The van der Waals surface area contributed by atoms with Gasteiger partial charge in [-0.15, -0.1) is 5.10 Å². The zero-order valence-electron chi connectivity index (χ0n) is 16.6. The van der Waals surface area contributed by atoms with E-state index in [4.69, 9.17) is 0 Å². The van der Waals surface area contributed by atoms with Crippen molar-refractivity contribution in [3.8, 4) is 5.69 Å². The average Bonchev–Trinajstić information content (AvgIpc) is 3.26. The fourth-order valence-electron chi connectivity index (χ4n) is 3.51. The molecule has 0 atom stereocenters. The van der Waals surface area contributed by atoms with E-state index in [1.54, 1.807) is 10.7 Å². The highest BCUT2D eigenvalue weighted by Gasteiger charge is 2.15. The van der Waals surface area contributed by atoms with Gasteiger partial charge in [0.2, 0.25) is 0 Å². The number of nitrogens with zero attached hydrogens (tertiary/aromatic N) is 5. The molecule has 0 bridgehead atoms. The van der Waals surface area contributed by atoms with Gasteiger partial charge in [0, 0.05) is 42.4 Å². The van der Waals surface area contributed by atoms with E-state index in [0.717, 1.165) is 42.1 Å². The van der Waals surface area contributed by atoms with E-state index in [1.807, 2.05) is 43.0 Å². The number of hydrogen-bond acceptors (Lipinski definition) is 6. The van der Waals surface area contributed by atoms with Gasteiger partial charge in [0.05, 0.1) is 5.69 Å². The number of benzene rings is 2. The number of carbonyl (C=O) groups excluding carboxylic acids is 1. The minimum absolute atomic E-state index is 0.119. The molecule has 8 heteroatoms. The Bertz CT molecular complexity index is 998. The maximum absolute atomic E-state index is 12.8. The highest BCUT2D eigenvalue weighted by atomic mass is 32.2. The number of tetrazole rings is 1. The van der Waals surface area contributed by atoms with Crippen LogP contribution in [0.3, 0.4) is 0 Å². The Balaban J connectivity index is 1.49.